The third-order valence-corrected chi connectivity index (χ3v) is 3.39. The molecule has 1 aromatic heterocycles. The van der Waals surface area contributed by atoms with E-state index in [1.807, 2.05) is 0 Å². The molecule has 0 unspecified atom stereocenters. The molecule has 0 atom stereocenters. The molecule has 1 amide bonds. The Hall–Kier alpha value is -1.83. The maximum absolute atomic E-state index is 12.5. The number of hydrogen-bond acceptors (Lipinski definition) is 4. The van der Waals surface area contributed by atoms with Gasteiger partial charge in [-0.25, -0.2) is 4.98 Å². The Kier molecular flexibility index (Phi) is 3.61. The smallest absolute Gasteiger partial charge is 0.358 e. The van der Waals surface area contributed by atoms with Crippen LogP contribution in [0.25, 0.3) is 10.2 Å². The van der Waals surface area contributed by atoms with Crippen molar-refractivity contribution in [3.8, 4) is 0 Å². The summed E-state index contributed by atoms with van der Waals surface area (Å²) < 4.78 is 38.2. The van der Waals surface area contributed by atoms with Gasteiger partial charge in [-0.3, -0.25) is 4.79 Å². The molecule has 0 radical (unpaired) electrons. The predicted octanol–water partition coefficient (Wildman–Crippen LogP) is 2.47. The second-order valence-electron chi connectivity index (χ2n) is 3.73. The quantitative estimate of drug-likeness (QED) is 0.912. The van der Waals surface area contributed by atoms with E-state index in [0.717, 1.165) is 12.1 Å². The first-order valence-corrected chi connectivity index (χ1v) is 6.14. The monoisotopic (exact) mass is 289 g/mol. The maximum Gasteiger partial charge on any atom is 0.416 e. The zero-order valence-electron chi connectivity index (χ0n) is 9.84. The summed E-state index contributed by atoms with van der Waals surface area (Å²) in [5.41, 5.74) is -0.470. The average Bonchev–Trinajstić information content (AvgIpc) is 2.76. The van der Waals surface area contributed by atoms with Crippen molar-refractivity contribution in [1.29, 1.82) is 0 Å². The minimum Gasteiger partial charge on any atom is -0.358 e. The number of amides is 1. The Morgan fingerprint density at radius 2 is 2.16 bits per heavy atom. The number of carbonyl (C=O) groups is 1. The Labute approximate surface area is 110 Å². The van der Waals surface area contributed by atoms with E-state index in [4.69, 9.17) is 0 Å². The van der Waals surface area contributed by atoms with Crippen molar-refractivity contribution < 1.29 is 18.0 Å². The predicted molar refractivity (Wildman–Crippen MR) is 67.2 cm³/mol. The number of alkyl halides is 3. The molecule has 1 aromatic carbocycles. The number of rotatable bonds is 3. The molecule has 0 spiro atoms. The van der Waals surface area contributed by atoms with Gasteiger partial charge in [0.15, 0.2) is 5.13 Å². The molecule has 2 rings (SSSR count). The van der Waals surface area contributed by atoms with Crippen molar-refractivity contribution in [3.63, 3.8) is 0 Å². The van der Waals surface area contributed by atoms with Crippen LogP contribution in [0.1, 0.15) is 5.56 Å². The minimum atomic E-state index is -4.38. The van der Waals surface area contributed by atoms with Crippen LogP contribution in [0.15, 0.2) is 18.2 Å². The van der Waals surface area contributed by atoms with Crippen LogP contribution in [0.3, 0.4) is 0 Å². The Morgan fingerprint density at radius 3 is 2.79 bits per heavy atom. The number of aromatic nitrogens is 1. The van der Waals surface area contributed by atoms with E-state index in [9.17, 15) is 18.0 Å². The van der Waals surface area contributed by atoms with Gasteiger partial charge in [0.2, 0.25) is 5.91 Å². The summed E-state index contributed by atoms with van der Waals surface area (Å²) in [5, 5.41) is 5.60. The van der Waals surface area contributed by atoms with E-state index in [1.54, 1.807) is 0 Å². The first-order valence-electron chi connectivity index (χ1n) is 5.32. The molecule has 4 nitrogen and oxygen atoms in total. The lowest BCUT2D eigenvalue weighted by Crippen LogP contribution is -2.26. The summed E-state index contributed by atoms with van der Waals surface area (Å²) in [6.07, 6.45) is -4.38. The lowest BCUT2D eigenvalue weighted by molar-refractivity contribution is -0.137. The van der Waals surface area contributed by atoms with Gasteiger partial charge in [0.05, 0.1) is 22.3 Å². The zero-order valence-corrected chi connectivity index (χ0v) is 10.7. The molecule has 0 saturated heterocycles. The van der Waals surface area contributed by atoms with Crippen LogP contribution in [0, 0.1) is 0 Å². The topological polar surface area (TPSA) is 54.0 Å². The van der Waals surface area contributed by atoms with Crippen LogP contribution in [-0.2, 0) is 11.0 Å². The highest BCUT2D eigenvalue weighted by atomic mass is 32.1. The van der Waals surface area contributed by atoms with Gasteiger partial charge in [0.1, 0.15) is 0 Å². The second kappa shape index (κ2) is 5.04. The van der Waals surface area contributed by atoms with Crippen molar-refractivity contribution in [2.24, 2.45) is 0 Å². The molecule has 0 bridgehead atoms. The summed E-state index contributed by atoms with van der Waals surface area (Å²) in [7, 11) is 1.50. The normalized spacial score (nSPS) is 11.6. The van der Waals surface area contributed by atoms with Crippen molar-refractivity contribution in [2.75, 3.05) is 18.9 Å². The molecule has 0 fully saturated rings. The molecule has 0 aliphatic rings. The van der Waals surface area contributed by atoms with Gasteiger partial charge in [-0.15, -0.1) is 0 Å². The minimum absolute atomic E-state index is 0.0302. The third kappa shape index (κ3) is 3.14. The van der Waals surface area contributed by atoms with E-state index in [1.165, 1.54) is 24.5 Å². The lowest BCUT2D eigenvalue weighted by Gasteiger charge is -2.04. The highest BCUT2D eigenvalue weighted by Crippen LogP contribution is 2.33. The zero-order chi connectivity index (χ0) is 14.0. The highest BCUT2D eigenvalue weighted by molar-refractivity contribution is 7.22. The SMILES string of the molecule is CNC(=O)CNc1nc2cc(C(F)(F)F)ccc2s1. The van der Waals surface area contributed by atoms with E-state index in [2.05, 4.69) is 15.6 Å². The maximum atomic E-state index is 12.5. The van der Waals surface area contributed by atoms with E-state index in [-0.39, 0.29) is 18.0 Å². The van der Waals surface area contributed by atoms with Gasteiger partial charge in [0, 0.05) is 7.05 Å². The molecular formula is C11H10F3N3OS. The number of fused-ring (bicyclic) bond motifs is 1. The molecule has 8 heteroatoms. The fourth-order valence-electron chi connectivity index (χ4n) is 1.42. The number of thiazole rings is 1. The van der Waals surface area contributed by atoms with Crippen LogP contribution in [0.4, 0.5) is 18.3 Å². The van der Waals surface area contributed by atoms with Crippen LogP contribution in [-0.4, -0.2) is 24.5 Å². The largest absolute Gasteiger partial charge is 0.416 e. The number of carbonyl (C=O) groups excluding carboxylic acids is 1. The van der Waals surface area contributed by atoms with Crippen LogP contribution in [0.2, 0.25) is 0 Å². The summed E-state index contributed by atoms with van der Waals surface area (Å²) in [4.78, 5) is 15.1. The fourth-order valence-corrected chi connectivity index (χ4v) is 2.27. The van der Waals surface area contributed by atoms with Crippen molar-refractivity contribution in [3.05, 3.63) is 23.8 Å². The highest BCUT2D eigenvalue weighted by Gasteiger charge is 2.30. The molecule has 0 aliphatic heterocycles. The van der Waals surface area contributed by atoms with Crippen LogP contribution < -0.4 is 10.6 Å². The number of halogens is 3. The Balaban J connectivity index is 2.23. The van der Waals surface area contributed by atoms with Gasteiger partial charge < -0.3 is 10.6 Å². The van der Waals surface area contributed by atoms with E-state index in [0.29, 0.717) is 9.83 Å². The lowest BCUT2D eigenvalue weighted by atomic mass is 10.2. The van der Waals surface area contributed by atoms with Crippen LogP contribution in [0.5, 0.6) is 0 Å². The Morgan fingerprint density at radius 1 is 1.42 bits per heavy atom. The Bertz CT molecular complexity index is 609. The van der Waals surface area contributed by atoms with Gasteiger partial charge in [-0.2, -0.15) is 13.2 Å². The fraction of sp³-hybridized carbons (Fsp3) is 0.273. The van der Waals surface area contributed by atoms with Gasteiger partial charge >= 0.3 is 6.18 Å². The summed E-state index contributed by atoms with van der Waals surface area (Å²) in [5.74, 6) is -0.227. The number of anilines is 1. The standard InChI is InChI=1S/C11H10F3N3OS/c1-15-9(18)5-16-10-17-7-4-6(11(12,13)14)2-3-8(7)19-10/h2-4H,5H2,1H3,(H,15,18)(H,16,17). The van der Waals surface area contributed by atoms with Gasteiger partial charge in [-0.1, -0.05) is 11.3 Å². The van der Waals surface area contributed by atoms with Gasteiger partial charge in [-0.05, 0) is 18.2 Å². The number of likely N-dealkylation sites (N-methyl/N-ethyl adjacent to an activating group) is 1. The number of nitrogens with one attached hydrogen (secondary N) is 2. The molecular weight excluding hydrogens is 279 g/mol. The first-order chi connectivity index (χ1) is 8.90. The average molecular weight is 289 g/mol. The summed E-state index contributed by atoms with van der Waals surface area (Å²) >= 11 is 1.20. The van der Waals surface area contributed by atoms with Gasteiger partial charge in [0.25, 0.3) is 0 Å². The molecule has 102 valence electrons. The number of benzene rings is 1. The van der Waals surface area contributed by atoms with E-state index >= 15 is 0 Å². The number of nitrogens with zero attached hydrogens (tertiary/aromatic N) is 1. The molecule has 19 heavy (non-hydrogen) atoms. The second-order valence-corrected chi connectivity index (χ2v) is 4.76. The molecule has 2 N–H and O–H groups in total. The molecule has 0 aliphatic carbocycles. The van der Waals surface area contributed by atoms with Crippen molar-refractivity contribution in [2.45, 2.75) is 6.18 Å². The van der Waals surface area contributed by atoms with Crippen molar-refractivity contribution in [1.82, 2.24) is 10.3 Å². The molecule has 1 heterocycles. The first kappa shape index (κ1) is 13.6. The van der Waals surface area contributed by atoms with Crippen LogP contribution >= 0.6 is 11.3 Å². The van der Waals surface area contributed by atoms with Crippen molar-refractivity contribution >= 4 is 32.6 Å². The molecule has 2 aromatic rings. The summed E-state index contributed by atoms with van der Waals surface area (Å²) in [6, 6.07) is 3.39. The van der Waals surface area contributed by atoms with E-state index < -0.39 is 11.7 Å². The summed E-state index contributed by atoms with van der Waals surface area (Å²) in [6.45, 7) is 0.0302. The molecule has 0 saturated carbocycles. The third-order valence-electron chi connectivity index (χ3n) is 2.39. The number of hydrogen-bond donors (Lipinski definition) is 2.